The van der Waals surface area contributed by atoms with E-state index >= 15 is 0 Å². The summed E-state index contributed by atoms with van der Waals surface area (Å²) in [7, 11) is 0. The van der Waals surface area contributed by atoms with E-state index in [1.807, 2.05) is 30.3 Å². The zero-order chi connectivity index (χ0) is 11.7. The van der Waals surface area contributed by atoms with Crippen LogP contribution in [0.1, 0.15) is 18.0 Å². The first kappa shape index (κ1) is 10.5. The molecule has 3 rings (SSSR count). The lowest BCUT2D eigenvalue weighted by atomic mass is 9.96. The zero-order valence-corrected chi connectivity index (χ0v) is 10.1. The molecule has 1 aromatic heterocycles. The Labute approximate surface area is 105 Å². The van der Waals surface area contributed by atoms with Crippen LogP contribution < -0.4 is 0 Å². The van der Waals surface area contributed by atoms with E-state index in [4.69, 9.17) is 16.6 Å². The van der Waals surface area contributed by atoms with E-state index in [9.17, 15) is 0 Å². The van der Waals surface area contributed by atoms with Gasteiger partial charge in [-0.1, -0.05) is 54.1 Å². The second-order valence-electron chi connectivity index (χ2n) is 4.20. The summed E-state index contributed by atoms with van der Waals surface area (Å²) in [6.45, 7) is 0. The Morgan fingerprint density at radius 1 is 1.18 bits per heavy atom. The molecule has 1 heterocycles. The summed E-state index contributed by atoms with van der Waals surface area (Å²) in [5, 5.41) is 1.81. The summed E-state index contributed by atoms with van der Waals surface area (Å²) in [5.41, 5.74) is 2.02. The zero-order valence-electron chi connectivity index (χ0n) is 9.31. The van der Waals surface area contributed by atoms with Crippen LogP contribution in [-0.2, 0) is 0 Å². The molecule has 1 atom stereocenters. The highest BCUT2D eigenvalue weighted by Gasteiger charge is 2.12. The normalized spacial score (nSPS) is 18.8. The summed E-state index contributed by atoms with van der Waals surface area (Å²) in [5.74, 6) is 0.349. The average Bonchev–Trinajstić information content (AvgIpc) is 2.40. The number of allylic oxidation sites excluding steroid dienone is 4. The molecule has 84 valence electrons. The van der Waals surface area contributed by atoms with E-state index in [0.29, 0.717) is 5.92 Å². The molecule has 2 heteroatoms. The highest BCUT2D eigenvalue weighted by atomic mass is 35.5. The number of para-hydroxylation sites is 1. The van der Waals surface area contributed by atoms with Crippen LogP contribution in [-0.4, -0.2) is 4.98 Å². The fraction of sp³-hybridized carbons (Fsp3) is 0.133. The third-order valence-corrected chi connectivity index (χ3v) is 3.36. The largest absolute Gasteiger partial charge is 0.252 e. The lowest BCUT2D eigenvalue weighted by molar-refractivity contribution is 0.822. The Balaban J connectivity index is 2.12. The van der Waals surface area contributed by atoms with Gasteiger partial charge >= 0.3 is 0 Å². The Kier molecular flexibility index (Phi) is 2.69. The number of hydrogen-bond donors (Lipinski definition) is 0. The van der Waals surface area contributed by atoms with Crippen LogP contribution >= 0.6 is 11.6 Å². The van der Waals surface area contributed by atoms with E-state index in [1.165, 1.54) is 0 Å². The van der Waals surface area contributed by atoms with Crippen molar-refractivity contribution in [2.75, 3.05) is 0 Å². The predicted molar refractivity (Wildman–Crippen MR) is 72.4 cm³/mol. The molecule has 1 nitrogen and oxygen atoms in total. The third-order valence-electron chi connectivity index (χ3n) is 3.05. The molecular weight excluding hydrogens is 230 g/mol. The van der Waals surface area contributed by atoms with Gasteiger partial charge in [0.25, 0.3) is 0 Å². The van der Waals surface area contributed by atoms with Crippen molar-refractivity contribution in [1.82, 2.24) is 4.98 Å². The number of fused-ring (bicyclic) bond motifs is 1. The summed E-state index contributed by atoms with van der Waals surface area (Å²) in [4.78, 5) is 4.69. The van der Waals surface area contributed by atoms with E-state index in [-0.39, 0.29) is 0 Å². The molecule has 0 saturated carbocycles. The number of hydrogen-bond acceptors (Lipinski definition) is 1. The topological polar surface area (TPSA) is 12.9 Å². The minimum absolute atomic E-state index is 0.349. The summed E-state index contributed by atoms with van der Waals surface area (Å²) < 4.78 is 0. The Morgan fingerprint density at radius 2 is 2.06 bits per heavy atom. The fourth-order valence-corrected chi connectivity index (χ4v) is 2.41. The fourth-order valence-electron chi connectivity index (χ4n) is 2.14. The van der Waals surface area contributed by atoms with E-state index in [0.717, 1.165) is 28.0 Å². The molecule has 0 radical (unpaired) electrons. The van der Waals surface area contributed by atoms with E-state index < -0.39 is 0 Å². The molecule has 0 amide bonds. The summed E-state index contributed by atoms with van der Waals surface area (Å²) >= 11 is 6.30. The van der Waals surface area contributed by atoms with Crippen molar-refractivity contribution in [3.05, 3.63) is 65.4 Å². The molecule has 1 unspecified atom stereocenters. The predicted octanol–water partition coefficient (Wildman–Crippen LogP) is 4.49. The third kappa shape index (κ3) is 1.98. The van der Waals surface area contributed by atoms with Crippen LogP contribution in [0.15, 0.2) is 54.6 Å². The van der Waals surface area contributed by atoms with Crippen LogP contribution in [0, 0.1) is 0 Å². The highest BCUT2D eigenvalue weighted by molar-refractivity contribution is 6.35. The van der Waals surface area contributed by atoms with Crippen molar-refractivity contribution < 1.29 is 0 Å². The molecule has 0 N–H and O–H groups in total. The van der Waals surface area contributed by atoms with Crippen LogP contribution in [0.25, 0.3) is 10.9 Å². The van der Waals surface area contributed by atoms with E-state index in [2.05, 4.69) is 24.3 Å². The first-order valence-corrected chi connectivity index (χ1v) is 6.11. The summed E-state index contributed by atoms with van der Waals surface area (Å²) in [6, 6.07) is 9.97. The van der Waals surface area contributed by atoms with Gasteiger partial charge in [-0.25, -0.2) is 0 Å². The molecular formula is C15H12ClN. The number of nitrogens with zero attached hydrogens (tertiary/aromatic N) is 1. The molecule has 0 spiro atoms. The molecule has 0 bridgehead atoms. The SMILES string of the molecule is Clc1cc(C2C=CC=CC2)nc2ccccc12. The van der Waals surface area contributed by atoms with Crippen LogP contribution in [0.3, 0.4) is 0 Å². The standard InChI is InChI=1S/C15H12ClN/c16-13-10-15(11-6-2-1-3-7-11)17-14-9-5-4-8-12(13)14/h1-6,8-11H,7H2. The van der Waals surface area contributed by atoms with Crippen LogP contribution in [0.5, 0.6) is 0 Å². The van der Waals surface area contributed by atoms with Crippen molar-refractivity contribution in [2.45, 2.75) is 12.3 Å². The van der Waals surface area contributed by atoms with Gasteiger partial charge in [0, 0.05) is 17.0 Å². The van der Waals surface area contributed by atoms with Gasteiger partial charge in [0.2, 0.25) is 0 Å². The molecule has 1 aliphatic rings. The van der Waals surface area contributed by atoms with Crippen molar-refractivity contribution in [1.29, 1.82) is 0 Å². The second kappa shape index (κ2) is 4.34. The lowest BCUT2D eigenvalue weighted by Gasteiger charge is -2.13. The molecule has 1 aliphatic carbocycles. The smallest absolute Gasteiger partial charge is 0.0720 e. The van der Waals surface area contributed by atoms with Gasteiger partial charge in [-0.05, 0) is 18.6 Å². The maximum Gasteiger partial charge on any atom is 0.0720 e. The quantitative estimate of drug-likeness (QED) is 0.717. The second-order valence-corrected chi connectivity index (χ2v) is 4.61. The van der Waals surface area contributed by atoms with Gasteiger partial charge < -0.3 is 0 Å². The number of rotatable bonds is 1. The van der Waals surface area contributed by atoms with Gasteiger partial charge in [0.05, 0.1) is 10.5 Å². The minimum atomic E-state index is 0.349. The van der Waals surface area contributed by atoms with Crippen LogP contribution in [0.4, 0.5) is 0 Å². The molecule has 2 aromatic rings. The van der Waals surface area contributed by atoms with Crippen molar-refractivity contribution in [3.8, 4) is 0 Å². The maximum absolute atomic E-state index is 6.30. The lowest BCUT2D eigenvalue weighted by Crippen LogP contribution is -2.00. The van der Waals surface area contributed by atoms with Crippen LogP contribution in [0.2, 0.25) is 5.02 Å². The van der Waals surface area contributed by atoms with Gasteiger partial charge in [-0.3, -0.25) is 4.98 Å². The van der Waals surface area contributed by atoms with Gasteiger partial charge in [0.15, 0.2) is 0 Å². The molecule has 0 fully saturated rings. The van der Waals surface area contributed by atoms with Crippen molar-refractivity contribution in [3.63, 3.8) is 0 Å². The van der Waals surface area contributed by atoms with Gasteiger partial charge in [-0.15, -0.1) is 0 Å². The van der Waals surface area contributed by atoms with Crippen molar-refractivity contribution in [2.24, 2.45) is 0 Å². The van der Waals surface area contributed by atoms with E-state index in [1.54, 1.807) is 0 Å². The van der Waals surface area contributed by atoms with Gasteiger partial charge in [0.1, 0.15) is 0 Å². The first-order chi connectivity index (χ1) is 8.34. The van der Waals surface area contributed by atoms with Gasteiger partial charge in [-0.2, -0.15) is 0 Å². The number of pyridine rings is 1. The Morgan fingerprint density at radius 3 is 2.88 bits per heavy atom. The molecule has 17 heavy (non-hydrogen) atoms. The molecule has 1 aromatic carbocycles. The molecule has 0 aliphatic heterocycles. The Bertz CT molecular complexity index is 613. The monoisotopic (exact) mass is 241 g/mol. The first-order valence-electron chi connectivity index (χ1n) is 5.73. The molecule has 0 saturated heterocycles. The maximum atomic E-state index is 6.30. The number of aromatic nitrogens is 1. The number of benzene rings is 1. The number of halogens is 1. The van der Waals surface area contributed by atoms with Crippen molar-refractivity contribution >= 4 is 22.5 Å². The highest BCUT2D eigenvalue weighted by Crippen LogP contribution is 2.29. The average molecular weight is 242 g/mol. The Hall–Kier alpha value is -1.60. The summed E-state index contributed by atoms with van der Waals surface area (Å²) in [6.07, 6.45) is 9.47. The minimum Gasteiger partial charge on any atom is -0.252 e.